The molecule has 3 aromatic carbocycles. The fraction of sp³-hybridized carbons (Fsp3) is 0.174. The Labute approximate surface area is 175 Å². The first-order valence-electron chi connectivity index (χ1n) is 9.52. The van der Waals surface area contributed by atoms with Crippen LogP contribution < -0.4 is 15.5 Å². The van der Waals surface area contributed by atoms with E-state index in [2.05, 4.69) is 22.8 Å². The van der Waals surface area contributed by atoms with Crippen LogP contribution in [-0.2, 0) is 11.2 Å². The number of fused-ring (bicyclic) bond motifs is 2. The molecule has 1 aliphatic heterocycles. The lowest BCUT2D eigenvalue weighted by Crippen LogP contribution is -2.29. The van der Waals surface area contributed by atoms with E-state index in [-0.39, 0.29) is 6.09 Å². The van der Waals surface area contributed by atoms with E-state index >= 15 is 0 Å². The van der Waals surface area contributed by atoms with Gasteiger partial charge in [0.2, 0.25) is 0 Å². The average molecular weight is 406 g/mol. The molecule has 6 heteroatoms. The first-order chi connectivity index (χ1) is 14.2. The van der Waals surface area contributed by atoms with Crippen molar-refractivity contribution in [1.82, 2.24) is 0 Å². The summed E-state index contributed by atoms with van der Waals surface area (Å²) >= 11 is 1.65. The summed E-state index contributed by atoms with van der Waals surface area (Å²) in [6.07, 6.45) is 0.324. The molecule has 0 fully saturated rings. The zero-order chi connectivity index (χ0) is 20.2. The summed E-state index contributed by atoms with van der Waals surface area (Å²) in [5, 5.41) is 6.32. The molecule has 5 nitrogen and oxygen atoms in total. The van der Waals surface area contributed by atoms with Gasteiger partial charge >= 0.3 is 6.09 Å². The zero-order valence-electron chi connectivity index (χ0n) is 16.4. The molecular formula is C23H23N3O2S. The Bertz CT molecular complexity index is 970. The average Bonchev–Trinajstić information content (AvgIpc) is 2.77. The monoisotopic (exact) mass is 405 g/mol. The molecule has 0 bridgehead atoms. The zero-order valence-corrected chi connectivity index (χ0v) is 17.3. The Hall–Kier alpha value is -3.12. The molecule has 0 radical (unpaired) electrons. The van der Waals surface area contributed by atoms with Crippen molar-refractivity contribution in [3.8, 4) is 0 Å². The van der Waals surface area contributed by atoms with Gasteiger partial charge in [0.1, 0.15) is 0 Å². The number of hydrogen-bond acceptors (Lipinski definition) is 5. The minimum absolute atomic E-state index is 0.334. The van der Waals surface area contributed by atoms with Crippen LogP contribution in [-0.4, -0.2) is 26.8 Å². The van der Waals surface area contributed by atoms with E-state index in [0.717, 1.165) is 38.1 Å². The van der Waals surface area contributed by atoms with Crippen LogP contribution in [0.1, 0.15) is 5.56 Å². The van der Waals surface area contributed by atoms with Gasteiger partial charge < -0.3 is 15.4 Å². The maximum Gasteiger partial charge on any atom is 0.419 e. The van der Waals surface area contributed by atoms with Gasteiger partial charge in [0.05, 0.1) is 18.0 Å². The third-order valence-corrected chi connectivity index (χ3v) is 5.93. The van der Waals surface area contributed by atoms with Crippen LogP contribution in [0.15, 0.2) is 76.5 Å². The molecule has 2 N–H and O–H groups in total. The van der Waals surface area contributed by atoms with Crippen molar-refractivity contribution in [2.75, 3.05) is 36.2 Å². The minimum Gasteiger partial charge on any atom is -0.449 e. The second-order valence-electron chi connectivity index (χ2n) is 6.65. The number of anilines is 4. The van der Waals surface area contributed by atoms with Gasteiger partial charge in [-0.1, -0.05) is 42.1 Å². The molecule has 1 heterocycles. The van der Waals surface area contributed by atoms with Gasteiger partial charge in [-0.15, -0.1) is 0 Å². The normalized spacial score (nSPS) is 12.0. The first kappa shape index (κ1) is 19.2. The fourth-order valence-electron chi connectivity index (χ4n) is 3.28. The number of nitrogens with zero attached hydrogens (tertiary/aromatic N) is 1. The Balaban J connectivity index is 1.62. The predicted molar refractivity (Wildman–Crippen MR) is 120 cm³/mol. The highest BCUT2D eigenvalue weighted by atomic mass is 32.2. The molecule has 0 atom stereocenters. The number of rotatable bonds is 5. The molecule has 0 unspecified atom stereocenters. The van der Waals surface area contributed by atoms with Crippen LogP contribution in [0.25, 0.3) is 0 Å². The maximum absolute atomic E-state index is 13.1. The van der Waals surface area contributed by atoms with Gasteiger partial charge in [0.15, 0.2) is 0 Å². The van der Waals surface area contributed by atoms with E-state index < -0.39 is 0 Å². The molecule has 148 valence electrons. The molecule has 0 aliphatic carbocycles. The molecule has 0 saturated carbocycles. The summed E-state index contributed by atoms with van der Waals surface area (Å²) in [6, 6.07) is 22.0. The second-order valence-corrected chi connectivity index (χ2v) is 7.74. The topological polar surface area (TPSA) is 53.6 Å². The van der Waals surface area contributed by atoms with Crippen molar-refractivity contribution in [3.05, 3.63) is 72.3 Å². The van der Waals surface area contributed by atoms with Crippen molar-refractivity contribution in [2.45, 2.75) is 16.2 Å². The van der Waals surface area contributed by atoms with Crippen molar-refractivity contribution in [2.24, 2.45) is 0 Å². The summed E-state index contributed by atoms with van der Waals surface area (Å²) in [5.41, 5.74) is 4.82. The number of carbonyl (C=O) groups excluding carboxylic acids is 1. The minimum atomic E-state index is -0.363. The van der Waals surface area contributed by atoms with Crippen molar-refractivity contribution in [1.29, 1.82) is 0 Å². The Morgan fingerprint density at radius 1 is 0.897 bits per heavy atom. The smallest absolute Gasteiger partial charge is 0.419 e. The summed E-state index contributed by atoms with van der Waals surface area (Å²) in [7, 11) is 3.77. The summed E-state index contributed by atoms with van der Waals surface area (Å²) < 4.78 is 5.66. The number of hydrogen-bond donors (Lipinski definition) is 2. The van der Waals surface area contributed by atoms with E-state index in [1.54, 1.807) is 16.7 Å². The predicted octanol–water partition coefficient (Wildman–Crippen LogP) is 5.75. The number of amides is 1. The third kappa shape index (κ3) is 4.03. The van der Waals surface area contributed by atoms with Gasteiger partial charge in [0, 0.05) is 41.7 Å². The van der Waals surface area contributed by atoms with Gasteiger partial charge in [-0.25, -0.2) is 9.69 Å². The number of carbonyl (C=O) groups is 1. The molecule has 1 amide bonds. The van der Waals surface area contributed by atoms with Crippen LogP contribution in [0, 0.1) is 0 Å². The first-order valence-corrected chi connectivity index (χ1v) is 10.3. The van der Waals surface area contributed by atoms with Gasteiger partial charge in [-0.05, 0) is 42.0 Å². The molecule has 0 saturated heterocycles. The number of ether oxygens (including phenoxy) is 1. The van der Waals surface area contributed by atoms with E-state index in [9.17, 15) is 4.79 Å². The molecular weight excluding hydrogens is 382 g/mol. The quantitative estimate of drug-likeness (QED) is 0.566. The van der Waals surface area contributed by atoms with Crippen LogP contribution in [0.4, 0.5) is 27.5 Å². The molecule has 0 spiro atoms. The van der Waals surface area contributed by atoms with Crippen molar-refractivity contribution >= 4 is 40.6 Å². The Morgan fingerprint density at radius 2 is 1.48 bits per heavy atom. The standard InChI is InChI=1S/C23H23N3O2S/c1-24-17-8-10-19-21(14-17)29-22-15-18(25-2)9-11-20(22)26(19)23(27)28-13-12-16-6-4-3-5-7-16/h3-11,14-15,24-25H,12-13H2,1-2H3. The highest BCUT2D eigenvalue weighted by Crippen LogP contribution is 2.49. The van der Waals surface area contributed by atoms with Crippen LogP contribution in [0.3, 0.4) is 0 Å². The highest BCUT2D eigenvalue weighted by molar-refractivity contribution is 7.99. The molecule has 3 aromatic rings. The van der Waals surface area contributed by atoms with E-state index in [4.69, 9.17) is 4.74 Å². The molecule has 0 aromatic heterocycles. The lowest BCUT2D eigenvalue weighted by molar-refractivity contribution is 0.157. The number of benzene rings is 3. The third-order valence-electron chi connectivity index (χ3n) is 4.84. The molecule has 29 heavy (non-hydrogen) atoms. The van der Waals surface area contributed by atoms with Crippen LogP contribution in [0.2, 0.25) is 0 Å². The lowest BCUT2D eigenvalue weighted by Gasteiger charge is -2.31. The largest absolute Gasteiger partial charge is 0.449 e. The SMILES string of the molecule is CNc1ccc2c(c1)Sc1cc(NC)ccc1N2C(=O)OCCc1ccccc1. The second kappa shape index (κ2) is 8.49. The maximum atomic E-state index is 13.1. The number of nitrogens with one attached hydrogen (secondary N) is 2. The van der Waals surface area contributed by atoms with Gasteiger partial charge in [0.25, 0.3) is 0 Å². The van der Waals surface area contributed by atoms with Crippen molar-refractivity contribution in [3.63, 3.8) is 0 Å². The van der Waals surface area contributed by atoms with Gasteiger partial charge in [-0.2, -0.15) is 0 Å². The lowest BCUT2D eigenvalue weighted by atomic mass is 10.2. The highest BCUT2D eigenvalue weighted by Gasteiger charge is 2.29. The fourth-order valence-corrected chi connectivity index (χ4v) is 4.42. The summed E-state index contributed by atoms with van der Waals surface area (Å²) in [6.45, 7) is 0.334. The summed E-state index contributed by atoms with van der Waals surface area (Å²) in [5.74, 6) is 0. The molecule has 1 aliphatic rings. The van der Waals surface area contributed by atoms with Crippen LogP contribution in [0.5, 0.6) is 0 Å². The van der Waals surface area contributed by atoms with E-state index in [1.807, 2.05) is 68.7 Å². The Kier molecular flexibility index (Phi) is 5.62. The molecule has 4 rings (SSSR count). The van der Waals surface area contributed by atoms with Crippen molar-refractivity contribution < 1.29 is 9.53 Å². The van der Waals surface area contributed by atoms with Crippen LogP contribution >= 0.6 is 11.8 Å². The van der Waals surface area contributed by atoms with E-state index in [1.165, 1.54) is 0 Å². The van der Waals surface area contributed by atoms with E-state index in [0.29, 0.717) is 13.0 Å². The Morgan fingerprint density at radius 3 is 2.03 bits per heavy atom. The summed E-state index contributed by atoms with van der Waals surface area (Å²) in [4.78, 5) is 16.8. The van der Waals surface area contributed by atoms with Gasteiger partial charge in [-0.3, -0.25) is 0 Å².